The molecule has 2 heteroatoms. The molecule has 2 nitrogen and oxygen atoms in total. The largest absolute Gasteiger partial charge is 0.387 e. The predicted molar refractivity (Wildman–Crippen MR) is 55.1 cm³/mol. The first-order chi connectivity index (χ1) is 6.36. The van der Waals surface area contributed by atoms with Crippen LogP contribution in [0.2, 0.25) is 0 Å². The van der Waals surface area contributed by atoms with Crippen LogP contribution in [0, 0.1) is 0 Å². The highest BCUT2D eigenvalue weighted by Crippen LogP contribution is 2.17. The van der Waals surface area contributed by atoms with E-state index in [1.165, 1.54) is 16.8 Å². The average molecular weight is 174 g/mol. The molecule has 0 fully saturated rings. The van der Waals surface area contributed by atoms with Crippen LogP contribution in [-0.4, -0.2) is 13.1 Å². The zero-order chi connectivity index (χ0) is 9.10. The van der Waals surface area contributed by atoms with Gasteiger partial charge in [0, 0.05) is 25.0 Å². The summed E-state index contributed by atoms with van der Waals surface area (Å²) in [5.74, 6) is 0. The number of rotatable bonds is 1. The number of hydrogen-bond donors (Lipinski definition) is 2. The Morgan fingerprint density at radius 3 is 2.85 bits per heavy atom. The molecule has 0 aromatic carbocycles. The summed E-state index contributed by atoms with van der Waals surface area (Å²) in [5.41, 5.74) is 3.81. The first-order valence-electron chi connectivity index (χ1n) is 4.59. The van der Waals surface area contributed by atoms with Gasteiger partial charge in [-0.1, -0.05) is 18.2 Å². The molecule has 0 atom stereocenters. The quantitative estimate of drug-likeness (QED) is 0.629. The lowest BCUT2D eigenvalue weighted by Crippen LogP contribution is -2.17. The Balaban J connectivity index is 2.21. The highest BCUT2D eigenvalue weighted by atomic mass is 14.9. The van der Waals surface area contributed by atoms with E-state index in [-0.39, 0.29) is 0 Å². The molecule has 13 heavy (non-hydrogen) atoms. The van der Waals surface area contributed by atoms with Crippen molar-refractivity contribution in [3.05, 3.63) is 47.3 Å². The Morgan fingerprint density at radius 1 is 1.23 bits per heavy atom. The molecular formula is C11H14N2. The minimum atomic E-state index is 0.933. The molecule has 0 saturated carbocycles. The second-order valence-corrected chi connectivity index (χ2v) is 3.28. The highest BCUT2D eigenvalue weighted by Gasteiger charge is 2.05. The summed E-state index contributed by atoms with van der Waals surface area (Å²) >= 11 is 0. The van der Waals surface area contributed by atoms with Gasteiger partial charge in [-0.05, 0) is 24.1 Å². The van der Waals surface area contributed by atoms with E-state index in [0.29, 0.717) is 0 Å². The van der Waals surface area contributed by atoms with Crippen LogP contribution in [0.5, 0.6) is 0 Å². The topological polar surface area (TPSA) is 24.1 Å². The second-order valence-electron chi connectivity index (χ2n) is 3.28. The normalized spacial score (nSPS) is 20.8. The zero-order valence-electron chi connectivity index (χ0n) is 7.80. The Kier molecular flexibility index (Phi) is 2.21. The van der Waals surface area contributed by atoms with E-state index in [1.54, 1.807) is 0 Å². The molecular weight excluding hydrogens is 160 g/mol. The molecule has 0 spiro atoms. The average Bonchev–Trinajstić information content (AvgIpc) is 2.19. The third-order valence-electron chi connectivity index (χ3n) is 2.20. The van der Waals surface area contributed by atoms with Crippen molar-refractivity contribution in [1.82, 2.24) is 10.6 Å². The Bertz CT molecular complexity index is 319. The van der Waals surface area contributed by atoms with Crippen LogP contribution >= 0.6 is 0 Å². The molecule has 0 unspecified atom stereocenters. The first kappa shape index (κ1) is 8.17. The molecule has 68 valence electrons. The Hall–Kier alpha value is -1.44. The number of nitrogens with one attached hydrogen (secondary N) is 2. The van der Waals surface area contributed by atoms with Crippen molar-refractivity contribution in [2.45, 2.75) is 6.92 Å². The van der Waals surface area contributed by atoms with E-state index in [2.05, 4.69) is 48.1 Å². The maximum absolute atomic E-state index is 3.26. The van der Waals surface area contributed by atoms with Crippen LogP contribution in [-0.2, 0) is 0 Å². The first-order valence-corrected chi connectivity index (χ1v) is 4.59. The van der Waals surface area contributed by atoms with E-state index < -0.39 is 0 Å². The standard InChI is InChI=1S/C11H14N2/c1-9-7-10(4-6-13-9)11-3-2-5-12-8-11/h2-4,7-8,12-13H,5-6H2,1H3. The summed E-state index contributed by atoms with van der Waals surface area (Å²) < 4.78 is 0. The Morgan fingerprint density at radius 2 is 2.15 bits per heavy atom. The van der Waals surface area contributed by atoms with Gasteiger partial charge in [-0.25, -0.2) is 0 Å². The van der Waals surface area contributed by atoms with Crippen LogP contribution in [0.3, 0.4) is 0 Å². The smallest absolute Gasteiger partial charge is 0.0336 e. The maximum Gasteiger partial charge on any atom is 0.0336 e. The molecule has 0 amide bonds. The lowest BCUT2D eigenvalue weighted by atomic mass is 10.0. The van der Waals surface area contributed by atoms with Gasteiger partial charge < -0.3 is 10.6 Å². The maximum atomic E-state index is 3.26. The fourth-order valence-corrected chi connectivity index (χ4v) is 1.52. The van der Waals surface area contributed by atoms with Crippen LogP contribution < -0.4 is 10.6 Å². The fourth-order valence-electron chi connectivity index (χ4n) is 1.52. The molecule has 0 aromatic heterocycles. The third-order valence-corrected chi connectivity index (χ3v) is 2.20. The van der Waals surface area contributed by atoms with Gasteiger partial charge in [0.15, 0.2) is 0 Å². The van der Waals surface area contributed by atoms with E-state index >= 15 is 0 Å². The van der Waals surface area contributed by atoms with Gasteiger partial charge >= 0.3 is 0 Å². The van der Waals surface area contributed by atoms with Crippen LogP contribution in [0.15, 0.2) is 47.3 Å². The lowest BCUT2D eigenvalue weighted by molar-refractivity contribution is 0.879. The molecule has 2 heterocycles. The summed E-state index contributed by atoms with van der Waals surface area (Å²) in [6.45, 7) is 3.97. The summed E-state index contributed by atoms with van der Waals surface area (Å²) in [6, 6.07) is 0. The SMILES string of the molecule is CC1=CC(C2=CNCC=C2)=CCN1. The molecule has 2 aliphatic rings. The van der Waals surface area contributed by atoms with Gasteiger partial charge in [-0.3, -0.25) is 0 Å². The predicted octanol–water partition coefficient (Wildman–Crippen LogP) is 1.46. The van der Waals surface area contributed by atoms with Crippen LogP contribution in [0.4, 0.5) is 0 Å². The molecule has 0 bridgehead atoms. The van der Waals surface area contributed by atoms with Crippen molar-refractivity contribution in [1.29, 1.82) is 0 Å². The number of dihydropyridines is 2. The van der Waals surface area contributed by atoms with Crippen molar-refractivity contribution >= 4 is 0 Å². The highest BCUT2D eigenvalue weighted by molar-refractivity contribution is 5.49. The zero-order valence-corrected chi connectivity index (χ0v) is 7.80. The van der Waals surface area contributed by atoms with E-state index in [4.69, 9.17) is 0 Å². The van der Waals surface area contributed by atoms with Crippen molar-refractivity contribution in [2.24, 2.45) is 0 Å². The third kappa shape index (κ3) is 1.83. The number of allylic oxidation sites excluding steroid dienone is 5. The van der Waals surface area contributed by atoms with Gasteiger partial charge in [0.2, 0.25) is 0 Å². The summed E-state index contributed by atoms with van der Waals surface area (Å²) in [7, 11) is 0. The van der Waals surface area contributed by atoms with Crippen LogP contribution in [0.25, 0.3) is 0 Å². The summed E-state index contributed by atoms with van der Waals surface area (Å²) in [5, 5.41) is 6.47. The van der Waals surface area contributed by atoms with Gasteiger partial charge in [0.1, 0.15) is 0 Å². The van der Waals surface area contributed by atoms with E-state index in [0.717, 1.165) is 13.1 Å². The van der Waals surface area contributed by atoms with Crippen molar-refractivity contribution in [2.75, 3.05) is 13.1 Å². The molecule has 2 aliphatic heterocycles. The van der Waals surface area contributed by atoms with Crippen molar-refractivity contribution in [3.8, 4) is 0 Å². The van der Waals surface area contributed by atoms with Gasteiger partial charge in [0.05, 0.1) is 0 Å². The molecule has 0 aliphatic carbocycles. The van der Waals surface area contributed by atoms with Gasteiger partial charge in [0.25, 0.3) is 0 Å². The number of hydrogen-bond acceptors (Lipinski definition) is 2. The minimum Gasteiger partial charge on any atom is -0.387 e. The molecule has 0 saturated heterocycles. The monoisotopic (exact) mass is 174 g/mol. The van der Waals surface area contributed by atoms with Crippen LogP contribution in [0.1, 0.15) is 6.92 Å². The summed E-state index contributed by atoms with van der Waals surface area (Å²) in [6.07, 6.45) is 10.8. The minimum absolute atomic E-state index is 0.933. The van der Waals surface area contributed by atoms with Crippen molar-refractivity contribution < 1.29 is 0 Å². The molecule has 0 aromatic rings. The molecule has 2 N–H and O–H groups in total. The second kappa shape index (κ2) is 3.52. The Labute approximate surface area is 78.7 Å². The van der Waals surface area contributed by atoms with Crippen molar-refractivity contribution in [3.63, 3.8) is 0 Å². The lowest BCUT2D eigenvalue weighted by Gasteiger charge is -2.15. The van der Waals surface area contributed by atoms with E-state index in [1.807, 2.05) is 0 Å². The van der Waals surface area contributed by atoms with Gasteiger partial charge in [-0.15, -0.1) is 0 Å². The summed E-state index contributed by atoms with van der Waals surface area (Å²) in [4.78, 5) is 0. The van der Waals surface area contributed by atoms with E-state index in [9.17, 15) is 0 Å². The fraction of sp³-hybridized carbons (Fsp3) is 0.273. The molecule has 0 radical (unpaired) electrons. The molecule has 2 rings (SSSR count). The van der Waals surface area contributed by atoms with Gasteiger partial charge in [-0.2, -0.15) is 0 Å².